The van der Waals surface area contributed by atoms with E-state index in [-0.39, 0.29) is 6.61 Å². The van der Waals surface area contributed by atoms with E-state index in [2.05, 4.69) is 77.8 Å². The first-order valence-electron chi connectivity index (χ1n) is 9.91. The van der Waals surface area contributed by atoms with Crippen molar-refractivity contribution in [2.24, 2.45) is 0 Å². The van der Waals surface area contributed by atoms with Crippen LogP contribution in [-0.2, 0) is 12.8 Å². The summed E-state index contributed by atoms with van der Waals surface area (Å²) in [5.74, 6) is 0. The molecular weight excluding hydrogens is 356 g/mol. The molecule has 3 nitrogen and oxygen atoms in total. The normalized spacial score (nSPS) is 10.8. The van der Waals surface area contributed by atoms with E-state index in [0.717, 1.165) is 34.5 Å². The number of rotatable bonds is 6. The number of nitrogens with zero attached hydrogens (tertiary/aromatic N) is 2. The lowest BCUT2D eigenvalue weighted by Gasteiger charge is -2.13. The van der Waals surface area contributed by atoms with E-state index < -0.39 is 0 Å². The minimum Gasteiger partial charge on any atom is -0.396 e. The van der Waals surface area contributed by atoms with E-state index >= 15 is 0 Å². The molecule has 0 saturated heterocycles. The second-order valence-corrected chi connectivity index (χ2v) is 7.27. The molecule has 0 radical (unpaired) electrons. The van der Waals surface area contributed by atoms with E-state index in [0.29, 0.717) is 6.42 Å². The standard InChI is InChI=1S/C26H24N2O/c1-19-8-7-12-22(16-19)26-23(14-15-29)18-25(27-28-26)24-13-6-5-11-21(24)17-20-9-3-2-4-10-20/h2-13,16,18,29H,14-15,17H2,1H3. The molecule has 144 valence electrons. The van der Waals surface area contributed by atoms with Crippen LogP contribution < -0.4 is 0 Å². The second-order valence-electron chi connectivity index (χ2n) is 7.27. The van der Waals surface area contributed by atoms with Crippen molar-refractivity contribution >= 4 is 0 Å². The molecule has 0 spiro atoms. The minimum atomic E-state index is 0.0790. The van der Waals surface area contributed by atoms with E-state index in [1.165, 1.54) is 16.7 Å². The molecule has 1 heterocycles. The average molecular weight is 380 g/mol. The van der Waals surface area contributed by atoms with E-state index in [9.17, 15) is 5.11 Å². The van der Waals surface area contributed by atoms with Crippen LogP contribution in [0.4, 0.5) is 0 Å². The zero-order valence-electron chi connectivity index (χ0n) is 16.5. The van der Waals surface area contributed by atoms with Crippen LogP contribution in [0.3, 0.4) is 0 Å². The molecule has 4 rings (SSSR count). The quantitative estimate of drug-likeness (QED) is 0.497. The first kappa shape index (κ1) is 19.0. The average Bonchev–Trinajstić information content (AvgIpc) is 2.75. The van der Waals surface area contributed by atoms with Crippen molar-refractivity contribution < 1.29 is 5.11 Å². The SMILES string of the molecule is Cc1cccc(-c2nnc(-c3ccccc3Cc3ccccc3)cc2CCO)c1. The largest absolute Gasteiger partial charge is 0.396 e. The fourth-order valence-corrected chi connectivity index (χ4v) is 3.65. The predicted molar refractivity (Wildman–Crippen MR) is 118 cm³/mol. The zero-order chi connectivity index (χ0) is 20.1. The molecule has 0 atom stereocenters. The highest BCUT2D eigenvalue weighted by atomic mass is 16.2. The van der Waals surface area contributed by atoms with Crippen molar-refractivity contribution in [3.63, 3.8) is 0 Å². The van der Waals surface area contributed by atoms with Crippen molar-refractivity contribution in [3.05, 3.63) is 107 Å². The molecule has 1 N–H and O–H groups in total. The number of aliphatic hydroxyl groups excluding tert-OH is 1. The van der Waals surface area contributed by atoms with Gasteiger partial charge >= 0.3 is 0 Å². The van der Waals surface area contributed by atoms with Crippen molar-refractivity contribution in [3.8, 4) is 22.5 Å². The number of hydrogen-bond acceptors (Lipinski definition) is 3. The fourth-order valence-electron chi connectivity index (χ4n) is 3.65. The van der Waals surface area contributed by atoms with Crippen LogP contribution in [0.1, 0.15) is 22.3 Å². The van der Waals surface area contributed by atoms with Gasteiger partial charge in [0.15, 0.2) is 0 Å². The summed E-state index contributed by atoms with van der Waals surface area (Å²) in [6.45, 7) is 2.15. The maximum Gasteiger partial charge on any atom is 0.0962 e. The Morgan fingerprint density at radius 3 is 2.34 bits per heavy atom. The lowest BCUT2D eigenvalue weighted by Crippen LogP contribution is -2.02. The minimum absolute atomic E-state index is 0.0790. The number of aromatic nitrogens is 2. The van der Waals surface area contributed by atoms with Gasteiger partial charge in [-0.25, -0.2) is 0 Å². The predicted octanol–water partition coefficient (Wildman–Crippen LogP) is 5.24. The van der Waals surface area contributed by atoms with Gasteiger partial charge in [-0.2, -0.15) is 0 Å². The monoisotopic (exact) mass is 380 g/mol. The lowest BCUT2D eigenvalue weighted by molar-refractivity contribution is 0.299. The van der Waals surface area contributed by atoms with Gasteiger partial charge in [-0.05, 0) is 48.6 Å². The van der Waals surface area contributed by atoms with Gasteiger partial charge in [0.1, 0.15) is 0 Å². The third-order valence-corrected chi connectivity index (χ3v) is 5.08. The molecule has 3 heteroatoms. The molecule has 0 aliphatic rings. The maximum absolute atomic E-state index is 9.61. The molecule has 0 bridgehead atoms. The fraction of sp³-hybridized carbons (Fsp3) is 0.154. The van der Waals surface area contributed by atoms with E-state index in [1.54, 1.807) is 0 Å². The van der Waals surface area contributed by atoms with Crippen LogP contribution >= 0.6 is 0 Å². The topological polar surface area (TPSA) is 46.0 Å². The summed E-state index contributed by atoms with van der Waals surface area (Å²) in [6, 6.07) is 29.1. The van der Waals surface area contributed by atoms with Gasteiger partial charge in [-0.3, -0.25) is 0 Å². The summed E-state index contributed by atoms with van der Waals surface area (Å²) >= 11 is 0. The molecule has 29 heavy (non-hydrogen) atoms. The molecule has 0 aliphatic carbocycles. The summed E-state index contributed by atoms with van der Waals surface area (Å²) in [5, 5.41) is 18.7. The highest BCUT2D eigenvalue weighted by Gasteiger charge is 2.13. The van der Waals surface area contributed by atoms with Gasteiger partial charge in [0, 0.05) is 17.7 Å². The van der Waals surface area contributed by atoms with Crippen LogP contribution in [0.15, 0.2) is 84.9 Å². The van der Waals surface area contributed by atoms with Crippen molar-refractivity contribution in [1.29, 1.82) is 0 Å². The summed E-state index contributed by atoms with van der Waals surface area (Å²) in [7, 11) is 0. The van der Waals surface area contributed by atoms with Crippen molar-refractivity contribution in [2.45, 2.75) is 19.8 Å². The molecule has 0 amide bonds. The van der Waals surface area contributed by atoms with Crippen LogP contribution in [-0.4, -0.2) is 21.9 Å². The highest BCUT2D eigenvalue weighted by molar-refractivity contribution is 5.69. The first-order valence-corrected chi connectivity index (χ1v) is 9.91. The van der Waals surface area contributed by atoms with Crippen LogP contribution in [0.2, 0.25) is 0 Å². The molecule has 4 aromatic rings. The lowest BCUT2D eigenvalue weighted by atomic mass is 9.96. The van der Waals surface area contributed by atoms with Gasteiger partial charge in [-0.15, -0.1) is 10.2 Å². The smallest absolute Gasteiger partial charge is 0.0962 e. The molecule has 3 aromatic carbocycles. The molecule has 0 aliphatic heterocycles. The third kappa shape index (κ3) is 4.41. The Morgan fingerprint density at radius 2 is 1.55 bits per heavy atom. The summed E-state index contributed by atoms with van der Waals surface area (Å²) in [6.07, 6.45) is 1.39. The van der Waals surface area contributed by atoms with Gasteiger partial charge in [0.2, 0.25) is 0 Å². The van der Waals surface area contributed by atoms with Gasteiger partial charge < -0.3 is 5.11 Å². The Labute approximate surface area is 171 Å². The summed E-state index contributed by atoms with van der Waals surface area (Å²) < 4.78 is 0. The van der Waals surface area contributed by atoms with Crippen LogP contribution in [0.5, 0.6) is 0 Å². The Balaban J connectivity index is 1.75. The maximum atomic E-state index is 9.61. The van der Waals surface area contributed by atoms with E-state index in [4.69, 9.17) is 0 Å². The van der Waals surface area contributed by atoms with Crippen LogP contribution in [0.25, 0.3) is 22.5 Å². The highest BCUT2D eigenvalue weighted by Crippen LogP contribution is 2.28. The Bertz CT molecular complexity index is 1110. The second kappa shape index (κ2) is 8.80. The van der Waals surface area contributed by atoms with Crippen molar-refractivity contribution in [2.75, 3.05) is 6.61 Å². The van der Waals surface area contributed by atoms with Gasteiger partial charge in [-0.1, -0.05) is 78.4 Å². The Hall–Kier alpha value is -3.30. The number of benzene rings is 3. The first-order chi connectivity index (χ1) is 14.2. The summed E-state index contributed by atoms with van der Waals surface area (Å²) in [4.78, 5) is 0. The molecule has 0 fully saturated rings. The van der Waals surface area contributed by atoms with E-state index in [1.807, 2.05) is 24.3 Å². The molecule has 1 aromatic heterocycles. The number of hydrogen-bond donors (Lipinski definition) is 1. The zero-order valence-corrected chi connectivity index (χ0v) is 16.5. The number of aryl methyl sites for hydroxylation is 1. The van der Waals surface area contributed by atoms with Gasteiger partial charge in [0.25, 0.3) is 0 Å². The Kier molecular flexibility index (Phi) is 5.78. The molecule has 0 saturated carbocycles. The molecular formula is C26H24N2O. The number of aliphatic hydroxyl groups is 1. The Morgan fingerprint density at radius 1 is 0.759 bits per heavy atom. The van der Waals surface area contributed by atoms with Crippen LogP contribution in [0, 0.1) is 6.92 Å². The van der Waals surface area contributed by atoms with Crippen molar-refractivity contribution in [1.82, 2.24) is 10.2 Å². The summed E-state index contributed by atoms with van der Waals surface area (Å²) in [5.41, 5.74) is 8.47. The van der Waals surface area contributed by atoms with Gasteiger partial charge in [0.05, 0.1) is 11.4 Å². The molecule has 0 unspecified atom stereocenters. The third-order valence-electron chi connectivity index (χ3n) is 5.08.